The number of nitrogens with one attached hydrogen (secondary N) is 1. The van der Waals surface area contributed by atoms with Crippen molar-refractivity contribution in [1.82, 2.24) is 14.1 Å². The van der Waals surface area contributed by atoms with Crippen LogP contribution in [0, 0.1) is 5.92 Å². The monoisotopic (exact) mass is 484 g/mol. The third kappa shape index (κ3) is 6.13. The fourth-order valence-electron chi connectivity index (χ4n) is 2.70. The van der Waals surface area contributed by atoms with Gasteiger partial charge in [-0.1, -0.05) is 50.5 Å². The van der Waals surface area contributed by atoms with Crippen molar-refractivity contribution in [3.05, 3.63) is 40.5 Å². The summed E-state index contributed by atoms with van der Waals surface area (Å²) in [4.78, 5) is 12.8. The molecular weight excluding hydrogens is 456 g/mol. The van der Waals surface area contributed by atoms with Crippen molar-refractivity contribution in [2.75, 3.05) is 18.4 Å². The maximum absolute atomic E-state index is 13.1. The molecule has 0 aliphatic carbocycles. The Morgan fingerprint density at radius 2 is 1.83 bits per heavy atom. The summed E-state index contributed by atoms with van der Waals surface area (Å²) in [5, 5.41) is 7.22. The van der Waals surface area contributed by atoms with E-state index in [4.69, 9.17) is 0 Å². The van der Waals surface area contributed by atoms with Crippen molar-refractivity contribution >= 4 is 37.7 Å². The average molecular weight is 485 g/mol. The highest BCUT2D eigenvalue weighted by molar-refractivity contribution is 9.10. The molecule has 1 heterocycles. The van der Waals surface area contributed by atoms with Gasteiger partial charge in [-0.05, 0) is 30.2 Å². The minimum Gasteiger partial charge on any atom is -0.310 e. The normalized spacial score (nSPS) is 12.6. The number of amides is 1. The van der Waals surface area contributed by atoms with E-state index >= 15 is 0 Å². The number of aromatic nitrogens is 2. The van der Waals surface area contributed by atoms with Crippen LogP contribution in [-0.4, -0.2) is 41.5 Å². The van der Waals surface area contributed by atoms with Crippen molar-refractivity contribution in [3.63, 3.8) is 0 Å². The maximum Gasteiger partial charge on any atom is 0.243 e. The zero-order valence-electron chi connectivity index (χ0n) is 17.7. The average Bonchev–Trinajstić information content (AvgIpc) is 2.95. The third-order valence-corrected chi connectivity index (χ3v) is 6.61. The lowest BCUT2D eigenvalue weighted by Crippen LogP contribution is -2.40. The van der Waals surface area contributed by atoms with Gasteiger partial charge in [-0.3, -0.25) is 9.48 Å². The summed E-state index contributed by atoms with van der Waals surface area (Å²) in [6.45, 7) is 9.91. The molecule has 0 spiro atoms. The molecule has 0 atom stereocenters. The number of carbonyl (C=O) groups excluding carboxylic acids is 1. The first kappa shape index (κ1) is 23.6. The zero-order valence-corrected chi connectivity index (χ0v) is 20.1. The van der Waals surface area contributed by atoms with E-state index in [1.54, 1.807) is 23.9 Å². The Kier molecular flexibility index (Phi) is 7.29. The first-order valence-electron chi connectivity index (χ1n) is 9.41. The van der Waals surface area contributed by atoms with Crippen LogP contribution in [0.3, 0.4) is 0 Å². The van der Waals surface area contributed by atoms with Crippen LogP contribution in [0.15, 0.2) is 39.7 Å². The Balaban J connectivity index is 2.23. The summed E-state index contributed by atoms with van der Waals surface area (Å²) < 4.78 is 29.8. The Morgan fingerprint density at radius 3 is 2.31 bits per heavy atom. The van der Waals surface area contributed by atoms with E-state index < -0.39 is 15.9 Å². The van der Waals surface area contributed by atoms with Crippen molar-refractivity contribution in [2.45, 2.75) is 44.9 Å². The lowest BCUT2D eigenvalue weighted by molar-refractivity contribution is -0.116. The van der Waals surface area contributed by atoms with Gasteiger partial charge in [-0.25, -0.2) is 8.42 Å². The van der Waals surface area contributed by atoms with Gasteiger partial charge in [0.2, 0.25) is 15.9 Å². The van der Waals surface area contributed by atoms with Gasteiger partial charge in [-0.2, -0.15) is 9.40 Å². The Labute approximate surface area is 181 Å². The van der Waals surface area contributed by atoms with E-state index in [0.717, 1.165) is 10.2 Å². The topological polar surface area (TPSA) is 84.3 Å². The van der Waals surface area contributed by atoms with Crippen molar-refractivity contribution in [3.8, 4) is 0 Å². The van der Waals surface area contributed by atoms with E-state index in [1.807, 2.05) is 40.7 Å². The number of halogens is 1. The van der Waals surface area contributed by atoms with E-state index in [-0.39, 0.29) is 29.3 Å². The van der Waals surface area contributed by atoms with Crippen LogP contribution in [0.25, 0.3) is 0 Å². The lowest BCUT2D eigenvalue weighted by atomic mass is 9.92. The number of hydrogen-bond acceptors (Lipinski definition) is 4. The van der Waals surface area contributed by atoms with Crippen LogP contribution in [0.1, 0.15) is 40.3 Å². The van der Waals surface area contributed by atoms with Crippen LogP contribution < -0.4 is 5.32 Å². The van der Waals surface area contributed by atoms with Crippen LogP contribution in [-0.2, 0) is 27.3 Å². The maximum atomic E-state index is 13.1. The summed E-state index contributed by atoms with van der Waals surface area (Å²) in [6.07, 6.45) is 0. The summed E-state index contributed by atoms with van der Waals surface area (Å²) in [6, 6.07) is 8.21. The Hall–Kier alpha value is -1.71. The highest BCUT2D eigenvalue weighted by atomic mass is 79.9. The molecule has 0 saturated heterocycles. The molecule has 0 fully saturated rings. The summed E-state index contributed by atoms with van der Waals surface area (Å²) in [7, 11) is -2.05. The molecule has 2 rings (SSSR count). The molecular formula is C20H29BrN4O3S. The molecule has 29 heavy (non-hydrogen) atoms. The zero-order chi connectivity index (χ0) is 22.0. The van der Waals surface area contributed by atoms with Gasteiger partial charge in [0.25, 0.3) is 0 Å². The summed E-state index contributed by atoms with van der Waals surface area (Å²) >= 11 is 3.31. The van der Waals surface area contributed by atoms with Gasteiger partial charge < -0.3 is 5.32 Å². The van der Waals surface area contributed by atoms with Gasteiger partial charge in [0.1, 0.15) is 5.82 Å². The van der Waals surface area contributed by atoms with Crippen LogP contribution in [0.5, 0.6) is 0 Å². The molecule has 1 N–H and O–H groups in total. The second-order valence-electron chi connectivity index (χ2n) is 8.48. The van der Waals surface area contributed by atoms with Crippen LogP contribution in [0.2, 0.25) is 0 Å². The summed E-state index contributed by atoms with van der Waals surface area (Å²) in [5.41, 5.74) is 0.687. The minimum atomic E-state index is -3.80. The first-order chi connectivity index (χ1) is 13.3. The standard InChI is InChI=1S/C20H29BrN4O3S/c1-14(2)12-25(29(27,28)16-9-7-15(21)8-10-16)13-19(26)22-18-11-17(20(3,4)5)23-24(18)6/h7-11,14H,12-13H2,1-6H3,(H,22,26). The molecule has 160 valence electrons. The molecule has 0 radical (unpaired) electrons. The van der Waals surface area contributed by atoms with Gasteiger partial charge in [-0.15, -0.1) is 0 Å². The van der Waals surface area contributed by atoms with E-state index in [0.29, 0.717) is 5.82 Å². The second-order valence-corrected chi connectivity index (χ2v) is 11.3. The molecule has 0 aliphatic rings. The van der Waals surface area contributed by atoms with Crippen LogP contribution >= 0.6 is 15.9 Å². The molecule has 0 bridgehead atoms. The molecule has 9 heteroatoms. The quantitative estimate of drug-likeness (QED) is 0.647. The summed E-state index contributed by atoms with van der Waals surface area (Å²) in [5.74, 6) is 0.192. The highest BCUT2D eigenvalue weighted by Crippen LogP contribution is 2.24. The predicted molar refractivity (Wildman–Crippen MR) is 118 cm³/mol. The molecule has 0 aliphatic heterocycles. The Morgan fingerprint density at radius 1 is 1.24 bits per heavy atom. The van der Waals surface area contributed by atoms with Crippen molar-refractivity contribution in [1.29, 1.82) is 0 Å². The first-order valence-corrected chi connectivity index (χ1v) is 11.6. The van der Waals surface area contributed by atoms with E-state index in [9.17, 15) is 13.2 Å². The smallest absolute Gasteiger partial charge is 0.243 e. The van der Waals surface area contributed by atoms with Crippen molar-refractivity contribution in [2.24, 2.45) is 13.0 Å². The van der Waals surface area contributed by atoms with Crippen LogP contribution in [0.4, 0.5) is 5.82 Å². The Bertz CT molecular complexity index is 961. The van der Waals surface area contributed by atoms with Gasteiger partial charge in [0.15, 0.2) is 0 Å². The fraction of sp³-hybridized carbons (Fsp3) is 0.500. The number of benzene rings is 1. The number of carbonyl (C=O) groups is 1. The highest BCUT2D eigenvalue weighted by Gasteiger charge is 2.28. The number of nitrogens with zero attached hydrogens (tertiary/aromatic N) is 3. The number of sulfonamides is 1. The molecule has 0 unspecified atom stereocenters. The molecule has 1 aromatic heterocycles. The number of aryl methyl sites for hydroxylation is 1. The molecule has 1 amide bonds. The predicted octanol–water partition coefficient (Wildman–Crippen LogP) is 3.77. The van der Waals surface area contributed by atoms with Gasteiger partial charge >= 0.3 is 0 Å². The number of anilines is 1. The molecule has 2 aromatic rings. The van der Waals surface area contributed by atoms with E-state index in [2.05, 4.69) is 26.3 Å². The largest absolute Gasteiger partial charge is 0.310 e. The lowest BCUT2D eigenvalue weighted by Gasteiger charge is -2.23. The molecule has 1 aromatic carbocycles. The minimum absolute atomic E-state index is 0.0669. The van der Waals surface area contributed by atoms with Gasteiger partial charge in [0.05, 0.1) is 17.1 Å². The second kappa shape index (κ2) is 8.97. The SMILES string of the molecule is CC(C)CN(CC(=O)Nc1cc(C(C)(C)C)nn1C)S(=O)(=O)c1ccc(Br)cc1. The molecule has 0 saturated carbocycles. The number of rotatable bonds is 7. The molecule has 7 nitrogen and oxygen atoms in total. The van der Waals surface area contributed by atoms with Crippen molar-refractivity contribution < 1.29 is 13.2 Å². The van der Waals surface area contributed by atoms with E-state index in [1.165, 1.54) is 16.4 Å². The fourth-order valence-corrected chi connectivity index (χ4v) is 4.53. The number of hydrogen-bond donors (Lipinski definition) is 1. The third-order valence-electron chi connectivity index (χ3n) is 4.26. The van der Waals surface area contributed by atoms with Gasteiger partial charge in [0, 0.05) is 29.5 Å².